The van der Waals surface area contributed by atoms with Crippen LogP contribution < -0.4 is 5.32 Å². The highest BCUT2D eigenvalue weighted by Gasteiger charge is 2.37. The number of carbonyl (C=O) groups is 3. The van der Waals surface area contributed by atoms with Crippen LogP contribution in [0.4, 0.5) is 4.79 Å². The third-order valence-corrected chi connectivity index (χ3v) is 5.53. The van der Waals surface area contributed by atoms with Gasteiger partial charge in [-0.05, 0) is 36.5 Å². The Morgan fingerprint density at radius 3 is 2.55 bits per heavy atom. The fraction of sp³-hybridized carbons (Fsp3) is 0.417. The monoisotopic (exact) mass is 452 g/mol. The van der Waals surface area contributed by atoms with E-state index in [1.807, 2.05) is 38.1 Å². The van der Waals surface area contributed by atoms with Gasteiger partial charge in [0, 0.05) is 18.0 Å². The van der Waals surface area contributed by atoms with Crippen molar-refractivity contribution in [2.75, 3.05) is 20.8 Å². The molecule has 3 rings (SSSR count). The fourth-order valence-corrected chi connectivity index (χ4v) is 3.75. The van der Waals surface area contributed by atoms with Gasteiger partial charge in [0.05, 0.1) is 32.2 Å². The van der Waals surface area contributed by atoms with E-state index in [2.05, 4.69) is 36.6 Å². The topological polar surface area (TPSA) is 114 Å². The largest absolute Gasteiger partial charge is 0.459 e. The minimum absolute atomic E-state index is 0.0918. The average Bonchev–Trinajstić information content (AvgIpc) is 3.50. The molecule has 0 spiro atoms. The molecular weight excluding hydrogens is 424 g/mol. The van der Waals surface area contributed by atoms with Crippen LogP contribution in [-0.2, 0) is 19.1 Å². The second kappa shape index (κ2) is 10.7. The minimum Gasteiger partial charge on any atom is -0.459 e. The summed E-state index contributed by atoms with van der Waals surface area (Å²) in [7, 11) is 2.56. The lowest BCUT2D eigenvalue weighted by atomic mass is 10.0. The number of hydrogen-bond acceptors (Lipinski definition) is 6. The molecule has 0 aliphatic carbocycles. The Hall–Kier alpha value is -3.80. The Balaban J connectivity index is 1.76. The Morgan fingerprint density at radius 1 is 1.18 bits per heavy atom. The maximum absolute atomic E-state index is 13.2. The molecule has 2 N–H and O–H groups in total. The predicted molar refractivity (Wildman–Crippen MR) is 121 cm³/mol. The summed E-state index contributed by atoms with van der Waals surface area (Å²) in [6.45, 7) is 4.36. The summed E-state index contributed by atoms with van der Waals surface area (Å²) in [5.74, 6) is 5.01. The molecule has 0 radical (unpaired) electrons. The number of H-pyrrole nitrogens is 1. The second-order valence-corrected chi connectivity index (χ2v) is 8.05. The van der Waals surface area contributed by atoms with Crippen LogP contribution in [0.15, 0.2) is 30.5 Å². The summed E-state index contributed by atoms with van der Waals surface area (Å²) < 4.78 is 9.19. The summed E-state index contributed by atoms with van der Waals surface area (Å²) in [4.78, 5) is 45.7. The molecule has 2 atom stereocenters. The van der Waals surface area contributed by atoms with Gasteiger partial charge in [-0.3, -0.25) is 4.79 Å². The zero-order chi connectivity index (χ0) is 24.0. The number of methoxy groups -OCH3 is 2. The van der Waals surface area contributed by atoms with Crippen LogP contribution in [0.25, 0.3) is 11.3 Å². The van der Waals surface area contributed by atoms with Crippen molar-refractivity contribution in [1.82, 2.24) is 20.2 Å². The molecule has 0 bridgehead atoms. The van der Waals surface area contributed by atoms with Gasteiger partial charge in [0.15, 0.2) is 0 Å². The van der Waals surface area contributed by atoms with Crippen molar-refractivity contribution in [2.45, 2.75) is 38.8 Å². The van der Waals surface area contributed by atoms with Crippen molar-refractivity contribution in [2.24, 2.45) is 5.92 Å². The molecule has 1 fully saturated rings. The van der Waals surface area contributed by atoms with E-state index in [0.717, 1.165) is 24.1 Å². The third kappa shape index (κ3) is 5.71. The van der Waals surface area contributed by atoms with E-state index in [0.29, 0.717) is 17.9 Å². The SMILES string of the molecule is COC(=O)C#Cc1ccc(-c2cnc(C3CCCN3C(=O)[C@@H](NC(=O)OC)C(C)C)[nH]2)cc1. The maximum atomic E-state index is 13.2. The summed E-state index contributed by atoms with van der Waals surface area (Å²) in [5, 5.41) is 2.65. The quantitative estimate of drug-likeness (QED) is 0.533. The van der Waals surface area contributed by atoms with Gasteiger partial charge in [-0.1, -0.05) is 31.9 Å². The minimum atomic E-state index is -0.675. The molecule has 174 valence electrons. The van der Waals surface area contributed by atoms with Crippen molar-refractivity contribution < 1.29 is 23.9 Å². The second-order valence-electron chi connectivity index (χ2n) is 8.05. The van der Waals surface area contributed by atoms with Crippen molar-refractivity contribution in [3.05, 3.63) is 41.9 Å². The Labute approximate surface area is 192 Å². The summed E-state index contributed by atoms with van der Waals surface area (Å²) >= 11 is 0. The first kappa shape index (κ1) is 23.9. The Bertz CT molecular complexity index is 1060. The van der Waals surface area contributed by atoms with Gasteiger partial charge in [-0.15, -0.1) is 0 Å². The van der Waals surface area contributed by atoms with Gasteiger partial charge in [0.2, 0.25) is 5.91 Å². The average molecular weight is 453 g/mol. The van der Waals surface area contributed by atoms with E-state index in [1.165, 1.54) is 14.2 Å². The van der Waals surface area contributed by atoms with E-state index in [9.17, 15) is 14.4 Å². The molecule has 1 unspecified atom stereocenters. The fourth-order valence-electron chi connectivity index (χ4n) is 3.75. The number of imidazole rings is 1. The van der Waals surface area contributed by atoms with Crippen LogP contribution in [0, 0.1) is 17.8 Å². The van der Waals surface area contributed by atoms with Crippen LogP contribution in [0.2, 0.25) is 0 Å². The predicted octanol–water partition coefficient (Wildman–Crippen LogP) is 2.65. The number of nitrogens with zero attached hydrogens (tertiary/aromatic N) is 2. The molecule has 1 aliphatic heterocycles. The molecule has 33 heavy (non-hydrogen) atoms. The number of likely N-dealkylation sites (tertiary alicyclic amines) is 1. The van der Waals surface area contributed by atoms with Crippen LogP contribution in [0.3, 0.4) is 0 Å². The summed E-state index contributed by atoms with van der Waals surface area (Å²) in [6.07, 6.45) is 2.74. The number of carbonyl (C=O) groups excluding carboxylic acids is 3. The number of benzene rings is 1. The first-order chi connectivity index (χ1) is 15.8. The van der Waals surface area contributed by atoms with Gasteiger partial charge in [0.25, 0.3) is 0 Å². The molecule has 9 nitrogen and oxygen atoms in total. The molecule has 2 heterocycles. The molecule has 2 aromatic rings. The summed E-state index contributed by atoms with van der Waals surface area (Å²) in [6, 6.07) is 6.51. The maximum Gasteiger partial charge on any atom is 0.407 e. The van der Waals surface area contributed by atoms with E-state index >= 15 is 0 Å². The highest BCUT2D eigenvalue weighted by Crippen LogP contribution is 2.32. The molecule has 2 amide bonds. The lowest BCUT2D eigenvalue weighted by Gasteiger charge is -2.30. The summed E-state index contributed by atoms with van der Waals surface area (Å²) in [5.41, 5.74) is 2.40. The van der Waals surface area contributed by atoms with Crippen molar-refractivity contribution in [3.8, 4) is 23.1 Å². The lowest BCUT2D eigenvalue weighted by Crippen LogP contribution is -2.51. The third-order valence-electron chi connectivity index (χ3n) is 5.53. The van der Waals surface area contributed by atoms with Gasteiger partial charge in [-0.2, -0.15) is 0 Å². The first-order valence-corrected chi connectivity index (χ1v) is 10.7. The molecule has 1 aromatic heterocycles. The molecule has 1 aromatic carbocycles. The molecule has 1 aliphatic rings. The van der Waals surface area contributed by atoms with Gasteiger partial charge >= 0.3 is 12.1 Å². The van der Waals surface area contributed by atoms with E-state index in [4.69, 9.17) is 0 Å². The Kier molecular flexibility index (Phi) is 7.72. The zero-order valence-electron chi connectivity index (χ0n) is 19.2. The van der Waals surface area contributed by atoms with Crippen LogP contribution in [-0.4, -0.2) is 59.6 Å². The van der Waals surface area contributed by atoms with Gasteiger partial charge in [-0.25, -0.2) is 14.6 Å². The van der Waals surface area contributed by atoms with Gasteiger partial charge < -0.3 is 24.7 Å². The lowest BCUT2D eigenvalue weighted by molar-refractivity contribution is -0.135. The number of esters is 1. The highest BCUT2D eigenvalue weighted by atomic mass is 16.5. The van der Waals surface area contributed by atoms with E-state index in [1.54, 1.807) is 11.1 Å². The number of hydrogen-bond donors (Lipinski definition) is 2. The number of aromatic amines is 1. The van der Waals surface area contributed by atoms with Crippen LogP contribution in [0.5, 0.6) is 0 Å². The number of aromatic nitrogens is 2. The van der Waals surface area contributed by atoms with Crippen molar-refractivity contribution in [3.63, 3.8) is 0 Å². The zero-order valence-corrected chi connectivity index (χ0v) is 19.2. The number of nitrogens with one attached hydrogen (secondary N) is 2. The number of amides is 2. The normalized spacial score (nSPS) is 16.0. The van der Waals surface area contributed by atoms with E-state index < -0.39 is 18.1 Å². The number of rotatable bonds is 5. The molecule has 1 saturated heterocycles. The smallest absolute Gasteiger partial charge is 0.407 e. The highest BCUT2D eigenvalue weighted by molar-refractivity contribution is 5.89. The van der Waals surface area contributed by atoms with E-state index in [-0.39, 0.29) is 17.9 Å². The number of ether oxygens (including phenoxy) is 2. The standard InChI is InChI=1S/C24H28N4O5/c1-15(2)21(27-24(31)33-4)23(30)28-13-5-6-19(28)22-25-14-18(26-22)17-10-7-16(8-11-17)9-12-20(29)32-3/h7-8,10-11,14-15,19,21H,5-6,13H2,1-4H3,(H,25,26)(H,27,31)/t19?,21-/m0/s1. The van der Waals surface area contributed by atoms with Crippen molar-refractivity contribution in [1.29, 1.82) is 0 Å². The van der Waals surface area contributed by atoms with Crippen LogP contribution >= 0.6 is 0 Å². The molecule has 9 heteroatoms. The number of alkyl carbamates (subject to hydrolysis) is 1. The van der Waals surface area contributed by atoms with Crippen LogP contribution in [0.1, 0.15) is 44.1 Å². The van der Waals surface area contributed by atoms with Gasteiger partial charge in [0.1, 0.15) is 11.9 Å². The van der Waals surface area contributed by atoms with Crippen molar-refractivity contribution >= 4 is 18.0 Å². The first-order valence-electron chi connectivity index (χ1n) is 10.7. The molecule has 0 saturated carbocycles. The molecular formula is C24H28N4O5. The Morgan fingerprint density at radius 2 is 1.91 bits per heavy atom.